The van der Waals surface area contributed by atoms with E-state index in [1.807, 2.05) is 28.0 Å². The van der Waals surface area contributed by atoms with E-state index >= 15 is 0 Å². The lowest BCUT2D eigenvalue weighted by atomic mass is 9.91. The summed E-state index contributed by atoms with van der Waals surface area (Å²) in [7, 11) is 0. The number of morpholine rings is 1. The van der Waals surface area contributed by atoms with Crippen LogP contribution in [0.15, 0.2) is 60.7 Å². The normalized spacial score (nSPS) is 18.2. The number of nitrogens with one attached hydrogen (secondary N) is 1. The lowest BCUT2D eigenvalue weighted by molar-refractivity contribution is -0.138. The molecule has 2 fully saturated rings. The molecule has 0 bridgehead atoms. The van der Waals surface area contributed by atoms with Gasteiger partial charge in [0, 0.05) is 38.4 Å². The number of fused-ring (bicyclic) bond motifs is 1. The van der Waals surface area contributed by atoms with Crippen LogP contribution in [0, 0.1) is 5.82 Å². The number of hydrogen-bond acceptors (Lipinski definition) is 4. The number of halogens is 4. The number of ether oxygens (including phenoxy) is 1. The first-order valence-electron chi connectivity index (χ1n) is 14.6. The van der Waals surface area contributed by atoms with Gasteiger partial charge in [-0.15, -0.1) is 0 Å². The molecule has 1 aliphatic carbocycles. The van der Waals surface area contributed by atoms with Crippen LogP contribution in [-0.2, 0) is 51.8 Å². The van der Waals surface area contributed by atoms with Gasteiger partial charge in [0.25, 0.3) is 0 Å². The van der Waals surface area contributed by atoms with Crippen molar-refractivity contribution < 1.29 is 31.9 Å². The Labute approximate surface area is 247 Å². The van der Waals surface area contributed by atoms with E-state index < -0.39 is 23.1 Å². The van der Waals surface area contributed by atoms with Gasteiger partial charge in [-0.25, -0.2) is 4.39 Å². The maximum Gasteiger partial charge on any atom is 0.416 e. The zero-order valence-corrected chi connectivity index (χ0v) is 23.7. The lowest BCUT2D eigenvalue weighted by Gasteiger charge is -2.32. The fourth-order valence-corrected chi connectivity index (χ4v) is 6.16. The van der Waals surface area contributed by atoms with Crippen molar-refractivity contribution in [1.29, 1.82) is 0 Å². The summed E-state index contributed by atoms with van der Waals surface area (Å²) < 4.78 is 60.5. The number of carbonyl (C=O) groups excluding carboxylic acids is 2. The molecule has 3 aromatic rings. The van der Waals surface area contributed by atoms with Crippen LogP contribution in [-0.4, -0.2) is 54.5 Å². The van der Waals surface area contributed by atoms with Crippen molar-refractivity contribution in [2.45, 2.75) is 50.4 Å². The molecule has 0 atom stereocenters. The Balaban J connectivity index is 1.11. The second-order valence-electron chi connectivity index (χ2n) is 11.7. The molecule has 226 valence electrons. The minimum absolute atomic E-state index is 0.0162. The van der Waals surface area contributed by atoms with E-state index in [1.54, 1.807) is 12.1 Å². The number of anilines is 1. The molecular weight excluding hydrogens is 562 g/mol. The van der Waals surface area contributed by atoms with Gasteiger partial charge in [-0.3, -0.25) is 14.5 Å². The monoisotopic (exact) mass is 595 g/mol. The number of amides is 2. The van der Waals surface area contributed by atoms with Crippen molar-refractivity contribution in [3.63, 3.8) is 0 Å². The second-order valence-corrected chi connectivity index (χ2v) is 11.7. The van der Waals surface area contributed by atoms with Crippen LogP contribution in [0.25, 0.3) is 0 Å². The first kappa shape index (κ1) is 29.3. The topological polar surface area (TPSA) is 61.9 Å². The molecule has 1 saturated heterocycles. The molecule has 10 heteroatoms. The Bertz CT molecular complexity index is 1510. The largest absolute Gasteiger partial charge is 0.416 e. The second kappa shape index (κ2) is 11.7. The fourth-order valence-electron chi connectivity index (χ4n) is 6.16. The zero-order valence-electron chi connectivity index (χ0n) is 23.7. The van der Waals surface area contributed by atoms with Crippen molar-refractivity contribution in [3.8, 4) is 0 Å². The highest BCUT2D eigenvalue weighted by Crippen LogP contribution is 2.50. The number of hydrogen-bond donors (Lipinski definition) is 1. The van der Waals surface area contributed by atoms with Gasteiger partial charge in [0.1, 0.15) is 5.82 Å². The van der Waals surface area contributed by atoms with Crippen molar-refractivity contribution >= 4 is 17.5 Å². The van der Waals surface area contributed by atoms with Gasteiger partial charge in [-0.2, -0.15) is 13.2 Å². The molecule has 43 heavy (non-hydrogen) atoms. The van der Waals surface area contributed by atoms with E-state index in [0.29, 0.717) is 51.4 Å². The van der Waals surface area contributed by atoms with E-state index in [1.165, 1.54) is 24.3 Å². The summed E-state index contributed by atoms with van der Waals surface area (Å²) in [5.74, 6) is -0.728. The highest BCUT2D eigenvalue weighted by Gasteiger charge is 2.53. The molecule has 2 amide bonds. The van der Waals surface area contributed by atoms with Gasteiger partial charge in [0.2, 0.25) is 11.8 Å². The third-order valence-corrected chi connectivity index (χ3v) is 8.69. The predicted molar refractivity (Wildman–Crippen MR) is 153 cm³/mol. The number of rotatable bonds is 7. The summed E-state index contributed by atoms with van der Waals surface area (Å²) in [5.41, 5.74) is 2.49. The summed E-state index contributed by atoms with van der Waals surface area (Å²) in [4.78, 5) is 30.2. The van der Waals surface area contributed by atoms with Gasteiger partial charge in [-0.05, 0) is 71.3 Å². The standard InChI is InChI=1S/C33H33F4N3O3/c34-27-6-4-26(5-7-27)32(10-11-32)31(42)40-12-9-23-2-1-22(17-25(23)21-40)18-30(41)38-28-8-3-24(29(19-28)33(35,36)37)20-39-13-15-43-16-14-39/h1-8,17,19H,9-16,18,20-21H2,(H,38,41). The Kier molecular flexibility index (Phi) is 8.00. The van der Waals surface area contributed by atoms with E-state index in [2.05, 4.69) is 5.32 Å². The molecule has 2 heterocycles. The van der Waals surface area contributed by atoms with Gasteiger partial charge < -0.3 is 15.0 Å². The summed E-state index contributed by atoms with van der Waals surface area (Å²) in [5, 5.41) is 2.63. The maximum atomic E-state index is 13.9. The molecule has 3 aromatic carbocycles. The van der Waals surface area contributed by atoms with Crippen molar-refractivity contribution in [2.24, 2.45) is 0 Å². The summed E-state index contributed by atoms with van der Waals surface area (Å²) in [6.07, 6.45) is -2.43. The quantitative estimate of drug-likeness (QED) is 0.368. The Hall–Kier alpha value is -3.76. The van der Waals surface area contributed by atoms with Gasteiger partial charge >= 0.3 is 6.18 Å². The van der Waals surface area contributed by atoms with Crippen molar-refractivity contribution in [1.82, 2.24) is 9.80 Å². The van der Waals surface area contributed by atoms with E-state index in [-0.39, 0.29) is 35.9 Å². The highest BCUT2D eigenvalue weighted by atomic mass is 19.4. The average Bonchev–Trinajstić information content (AvgIpc) is 3.80. The molecular formula is C33H33F4N3O3. The first-order chi connectivity index (χ1) is 20.6. The summed E-state index contributed by atoms with van der Waals surface area (Å²) in [6.45, 7) is 3.26. The van der Waals surface area contributed by atoms with Crippen molar-refractivity contribution in [2.75, 3.05) is 38.2 Å². The summed E-state index contributed by atoms with van der Waals surface area (Å²) in [6, 6.07) is 15.8. The molecule has 0 aromatic heterocycles. The Morgan fingerprint density at radius 2 is 1.65 bits per heavy atom. The van der Waals surface area contributed by atoms with Gasteiger partial charge in [0.05, 0.1) is 30.6 Å². The molecule has 2 aliphatic heterocycles. The maximum absolute atomic E-state index is 13.9. The van der Waals surface area contributed by atoms with Crippen LogP contribution in [0.1, 0.15) is 46.2 Å². The van der Waals surface area contributed by atoms with E-state index in [9.17, 15) is 27.2 Å². The minimum atomic E-state index is -4.56. The third kappa shape index (κ3) is 6.45. The van der Waals surface area contributed by atoms with Crippen LogP contribution in [0.2, 0.25) is 0 Å². The number of carbonyl (C=O) groups is 2. The van der Waals surface area contributed by atoms with Gasteiger partial charge in [0.15, 0.2) is 0 Å². The van der Waals surface area contributed by atoms with Crippen molar-refractivity contribution in [3.05, 3.63) is 99.9 Å². The molecule has 0 unspecified atom stereocenters. The van der Waals surface area contributed by atoms with Crippen LogP contribution in [0.3, 0.4) is 0 Å². The molecule has 0 spiro atoms. The van der Waals surface area contributed by atoms with Crippen LogP contribution >= 0.6 is 0 Å². The SMILES string of the molecule is O=C(Cc1ccc2c(c1)CN(C(=O)C1(c3ccc(F)cc3)CC1)CC2)Nc1ccc(CN2CCOCC2)c(C(F)(F)F)c1. The van der Waals surface area contributed by atoms with Crippen LogP contribution in [0.5, 0.6) is 0 Å². The molecule has 1 saturated carbocycles. The minimum Gasteiger partial charge on any atom is -0.379 e. The number of nitrogens with zero attached hydrogens (tertiary/aromatic N) is 2. The summed E-state index contributed by atoms with van der Waals surface area (Å²) >= 11 is 0. The fraction of sp³-hybridized carbons (Fsp3) is 0.394. The Morgan fingerprint density at radius 1 is 0.907 bits per heavy atom. The number of alkyl halides is 3. The average molecular weight is 596 g/mol. The van der Waals surface area contributed by atoms with Gasteiger partial charge in [-0.1, -0.05) is 36.4 Å². The Morgan fingerprint density at radius 3 is 2.35 bits per heavy atom. The van der Waals surface area contributed by atoms with E-state index in [4.69, 9.17) is 4.74 Å². The predicted octanol–water partition coefficient (Wildman–Crippen LogP) is 5.47. The molecule has 0 radical (unpaired) electrons. The van der Waals surface area contributed by atoms with Crippen LogP contribution < -0.4 is 5.32 Å². The van der Waals surface area contributed by atoms with Crippen LogP contribution in [0.4, 0.5) is 23.2 Å². The number of benzene rings is 3. The third-order valence-electron chi connectivity index (χ3n) is 8.69. The molecule has 3 aliphatic rings. The molecule has 1 N–H and O–H groups in total. The highest BCUT2D eigenvalue weighted by molar-refractivity contribution is 5.93. The molecule has 6 nitrogen and oxygen atoms in total. The molecule has 6 rings (SSSR count). The van der Waals surface area contributed by atoms with E-state index in [0.717, 1.165) is 35.6 Å². The lowest BCUT2D eigenvalue weighted by Crippen LogP contribution is -2.42. The smallest absolute Gasteiger partial charge is 0.379 e. The zero-order chi connectivity index (χ0) is 30.2. The first-order valence-corrected chi connectivity index (χ1v) is 14.6.